The van der Waals surface area contributed by atoms with Crippen molar-refractivity contribution in [2.24, 2.45) is 12.5 Å². The van der Waals surface area contributed by atoms with E-state index < -0.39 is 0 Å². The summed E-state index contributed by atoms with van der Waals surface area (Å²) in [5.74, 6) is -0.0119. The summed E-state index contributed by atoms with van der Waals surface area (Å²) >= 11 is 0. The lowest BCUT2D eigenvalue weighted by Gasteiger charge is -2.36. The maximum absolute atomic E-state index is 12.8. The smallest absolute Gasteiger partial charge is 0.312 e. The molecule has 146 valence electrons. The van der Waals surface area contributed by atoms with E-state index in [2.05, 4.69) is 31.7 Å². The van der Waals surface area contributed by atoms with Crippen LogP contribution >= 0.6 is 0 Å². The molecule has 2 fully saturated rings. The molecule has 1 unspecified atom stereocenters. The molecule has 7 nitrogen and oxygen atoms in total. The van der Waals surface area contributed by atoms with Crippen LogP contribution < -0.4 is 0 Å². The highest BCUT2D eigenvalue weighted by atomic mass is 16.6. The van der Waals surface area contributed by atoms with Crippen molar-refractivity contribution >= 4 is 17.0 Å². The van der Waals surface area contributed by atoms with Gasteiger partial charge in [0, 0.05) is 26.2 Å². The van der Waals surface area contributed by atoms with Crippen LogP contribution in [0.3, 0.4) is 0 Å². The van der Waals surface area contributed by atoms with Crippen molar-refractivity contribution in [1.82, 2.24) is 24.2 Å². The Bertz CT molecular complexity index is 999. The molecule has 0 N–H and O–H groups in total. The van der Waals surface area contributed by atoms with Gasteiger partial charge in [0.05, 0.1) is 35.0 Å². The predicted octanol–water partition coefficient (Wildman–Crippen LogP) is 2.37. The van der Waals surface area contributed by atoms with Gasteiger partial charge >= 0.3 is 5.97 Å². The van der Waals surface area contributed by atoms with E-state index in [-0.39, 0.29) is 17.5 Å². The third-order valence-corrected chi connectivity index (χ3v) is 6.37. The second-order valence-electron chi connectivity index (χ2n) is 8.12. The van der Waals surface area contributed by atoms with Crippen LogP contribution in [0.15, 0.2) is 42.9 Å². The van der Waals surface area contributed by atoms with Gasteiger partial charge in [0.15, 0.2) is 0 Å². The quantitative estimate of drug-likeness (QED) is 0.651. The van der Waals surface area contributed by atoms with E-state index in [0.717, 1.165) is 49.9 Å². The van der Waals surface area contributed by atoms with Crippen molar-refractivity contribution in [3.05, 3.63) is 48.5 Å². The average Bonchev–Trinajstić information content (AvgIpc) is 3.37. The molecule has 3 aromatic rings. The van der Waals surface area contributed by atoms with Crippen LogP contribution in [0.1, 0.15) is 25.0 Å². The first-order valence-corrected chi connectivity index (χ1v) is 9.93. The molecule has 2 aliphatic rings. The summed E-state index contributed by atoms with van der Waals surface area (Å²) in [6.45, 7) is 3.39. The molecule has 28 heavy (non-hydrogen) atoms. The summed E-state index contributed by atoms with van der Waals surface area (Å²) in [6.07, 6.45) is 6.14. The summed E-state index contributed by atoms with van der Waals surface area (Å²) in [7, 11) is 1.97. The van der Waals surface area contributed by atoms with Crippen molar-refractivity contribution in [1.29, 1.82) is 0 Å². The second-order valence-corrected chi connectivity index (χ2v) is 8.12. The molecule has 0 amide bonds. The number of rotatable bonds is 4. The predicted molar refractivity (Wildman–Crippen MR) is 104 cm³/mol. The molecule has 0 aliphatic carbocycles. The Morgan fingerprint density at radius 3 is 2.82 bits per heavy atom. The Balaban J connectivity index is 1.24. The van der Waals surface area contributed by atoms with E-state index >= 15 is 0 Å². The van der Waals surface area contributed by atoms with Crippen LogP contribution in [-0.2, 0) is 29.7 Å². The largest absolute Gasteiger partial charge is 0.460 e. The highest BCUT2D eigenvalue weighted by Crippen LogP contribution is 2.43. The number of ether oxygens (including phenoxy) is 1. The van der Waals surface area contributed by atoms with Crippen molar-refractivity contribution < 1.29 is 9.53 Å². The van der Waals surface area contributed by atoms with Gasteiger partial charge in [-0.25, -0.2) is 4.98 Å². The summed E-state index contributed by atoms with van der Waals surface area (Å²) in [5.41, 5.74) is 2.95. The van der Waals surface area contributed by atoms with Crippen LogP contribution in [0.25, 0.3) is 11.0 Å². The fourth-order valence-corrected chi connectivity index (χ4v) is 4.65. The van der Waals surface area contributed by atoms with Gasteiger partial charge in [0.25, 0.3) is 0 Å². The van der Waals surface area contributed by atoms with E-state index in [1.54, 1.807) is 0 Å². The molecule has 1 atom stereocenters. The molecule has 4 heterocycles. The van der Waals surface area contributed by atoms with Crippen LogP contribution in [0.4, 0.5) is 0 Å². The lowest BCUT2D eigenvalue weighted by Crippen LogP contribution is -2.42. The van der Waals surface area contributed by atoms with Gasteiger partial charge in [-0.15, -0.1) is 0 Å². The zero-order chi connectivity index (χ0) is 19.1. The lowest BCUT2D eigenvalue weighted by molar-refractivity contribution is -0.151. The fourth-order valence-electron chi connectivity index (χ4n) is 4.65. The minimum atomic E-state index is -0.315. The maximum atomic E-state index is 12.8. The Morgan fingerprint density at radius 1 is 1.21 bits per heavy atom. The summed E-state index contributed by atoms with van der Waals surface area (Å²) in [5, 5.41) is 4.24. The van der Waals surface area contributed by atoms with Crippen LogP contribution in [-0.4, -0.2) is 49.4 Å². The Hall–Kier alpha value is -2.67. The molecule has 0 radical (unpaired) electrons. The van der Waals surface area contributed by atoms with Crippen molar-refractivity contribution in [2.75, 3.05) is 13.1 Å². The van der Waals surface area contributed by atoms with Gasteiger partial charge in [-0.1, -0.05) is 12.1 Å². The number of esters is 1. The molecule has 1 spiro atoms. The van der Waals surface area contributed by atoms with E-state index in [0.29, 0.717) is 6.54 Å². The Kier molecular flexibility index (Phi) is 4.19. The van der Waals surface area contributed by atoms with Gasteiger partial charge in [-0.3, -0.25) is 14.4 Å². The highest BCUT2D eigenvalue weighted by Gasteiger charge is 2.50. The zero-order valence-corrected chi connectivity index (χ0v) is 16.1. The van der Waals surface area contributed by atoms with Gasteiger partial charge in [0.1, 0.15) is 6.10 Å². The average molecular weight is 379 g/mol. The number of carbonyl (C=O) groups excluding carboxylic acids is 1. The van der Waals surface area contributed by atoms with Crippen LogP contribution in [0.2, 0.25) is 0 Å². The number of carbonyl (C=O) groups is 1. The number of aryl methyl sites for hydroxylation is 1. The number of nitrogens with zero attached hydrogens (tertiary/aromatic N) is 5. The van der Waals surface area contributed by atoms with E-state index in [1.165, 1.54) is 5.69 Å². The fraction of sp³-hybridized carbons (Fsp3) is 0.476. The minimum absolute atomic E-state index is 0.0119. The monoisotopic (exact) mass is 379 g/mol. The van der Waals surface area contributed by atoms with Gasteiger partial charge in [-0.05, 0) is 44.1 Å². The standard InChI is InChI=1S/C21H25N5O2/c1-24-16(6-9-23-24)13-25-10-7-21(8-11-25)12-17(28-20(21)27)14-26-15-22-18-4-2-3-5-19(18)26/h2-6,9,15,17H,7-8,10-14H2,1H3. The second kappa shape index (κ2) is 6.74. The minimum Gasteiger partial charge on any atom is -0.460 e. The van der Waals surface area contributed by atoms with E-state index in [4.69, 9.17) is 4.74 Å². The lowest BCUT2D eigenvalue weighted by atomic mass is 9.76. The van der Waals surface area contributed by atoms with Crippen LogP contribution in [0, 0.1) is 5.41 Å². The molecule has 1 aromatic carbocycles. The topological polar surface area (TPSA) is 65.2 Å². The Morgan fingerprint density at radius 2 is 2.04 bits per heavy atom. The highest BCUT2D eigenvalue weighted by molar-refractivity contribution is 5.79. The SMILES string of the molecule is Cn1nccc1CN1CCC2(CC1)CC(Cn1cnc3ccccc31)OC2=O. The summed E-state index contributed by atoms with van der Waals surface area (Å²) in [6, 6.07) is 10.1. The number of imidazole rings is 1. The first kappa shape index (κ1) is 17.4. The molecule has 0 saturated carbocycles. The van der Waals surface area contributed by atoms with Crippen LogP contribution in [0.5, 0.6) is 0 Å². The summed E-state index contributed by atoms with van der Waals surface area (Å²) < 4.78 is 9.83. The van der Waals surface area contributed by atoms with Crippen molar-refractivity contribution in [2.45, 2.75) is 38.5 Å². The first-order valence-electron chi connectivity index (χ1n) is 9.93. The third kappa shape index (κ3) is 2.99. The molecule has 2 aliphatic heterocycles. The number of likely N-dealkylation sites (tertiary alicyclic amines) is 1. The zero-order valence-electron chi connectivity index (χ0n) is 16.1. The number of cyclic esters (lactones) is 1. The van der Waals surface area contributed by atoms with Crippen molar-refractivity contribution in [3.8, 4) is 0 Å². The molecule has 0 bridgehead atoms. The van der Waals surface area contributed by atoms with Crippen molar-refractivity contribution in [3.63, 3.8) is 0 Å². The number of fused-ring (bicyclic) bond motifs is 1. The molecule has 5 rings (SSSR count). The maximum Gasteiger partial charge on any atom is 0.312 e. The first-order chi connectivity index (χ1) is 13.6. The number of aromatic nitrogens is 4. The number of para-hydroxylation sites is 2. The van der Waals surface area contributed by atoms with Gasteiger partial charge < -0.3 is 9.30 Å². The van der Waals surface area contributed by atoms with Gasteiger partial charge in [-0.2, -0.15) is 5.10 Å². The molecule has 2 aromatic heterocycles. The molecular formula is C21H25N5O2. The molecule has 2 saturated heterocycles. The summed E-state index contributed by atoms with van der Waals surface area (Å²) in [4.78, 5) is 19.6. The normalized spacial score (nSPS) is 22.2. The van der Waals surface area contributed by atoms with Gasteiger partial charge in [0.2, 0.25) is 0 Å². The number of piperidine rings is 1. The molecular weight excluding hydrogens is 354 g/mol. The number of hydrogen-bond acceptors (Lipinski definition) is 5. The van der Waals surface area contributed by atoms with E-state index in [1.807, 2.05) is 42.5 Å². The Labute approximate surface area is 163 Å². The third-order valence-electron chi connectivity index (χ3n) is 6.37. The number of hydrogen-bond donors (Lipinski definition) is 0. The number of benzene rings is 1. The van der Waals surface area contributed by atoms with E-state index in [9.17, 15) is 4.79 Å². The molecule has 7 heteroatoms.